The molecule has 0 saturated heterocycles. The Balaban J connectivity index is 2.18. The molecule has 0 radical (unpaired) electrons. The van der Waals surface area contributed by atoms with Gasteiger partial charge in [0.25, 0.3) is 5.91 Å². The van der Waals surface area contributed by atoms with Crippen LogP contribution in [0.4, 0.5) is 4.39 Å². The summed E-state index contributed by atoms with van der Waals surface area (Å²) in [6.45, 7) is 0. The van der Waals surface area contributed by atoms with Gasteiger partial charge in [-0.05, 0) is 28.1 Å². The molecule has 19 heavy (non-hydrogen) atoms. The zero-order valence-electron chi connectivity index (χ0n) is 9.52. The molecule has 0 spiro atoms. The van der Waals surface area contributed by atoms with E-state index in [1.54, 1.807) is 12.1 Å². The Bertz CT molecular complexity index is 633. The molecular formula is C12H8BrFN4O. The van der Waals surface area contributed by atoms with Gasteiger partial charge in [0, 0.05) is 34.7 Å². The highest BCUT2D eigenvalue weighted by atomic mass is 79.9. The van der Waals surface area contributed by atoms with Crippen molar-refractivity contribution in [1.29, 1.82) is 5.41 Å². The Morgan fingerprint density at radius 1 is 1.37 bits per heavy atom. The molecule has 0 fully saturated rings. The summed E-state index contributed by atoms with van der Waals surface area (Å²) in [4.78, 5) is 19.1. The molecule has 0 aliphatic carbocycles. The molecule has 0 saturated carbocycles. The van der Waals surface area contributed by atoms with Crippen molar-refractivity contribution < 1.29 is 9.18 Å². The summed E-state index contributed by atoms with van der Waals surface area (Å²) in [5.41, 5.74) is 0.584. The van der Waals surface area contributed by atoms with Crippen LogP contribution < -0.4 is 5.32 Å². The molecule has 2 aromatic rings. The smallest absolute Gasteiger partial charge is 0.258 e. The van der Waals surface area contributed by atoms with Crippen LogP contribution in [0.1, 0.15) is 15.9 Å². The van der Waals surface area contributed by atoms with Gasteiger partial charge >= 0.3 is 0 Å². The van der Waals surface area contributed by atoms with E-state index < -0.39 is 11.9 Å². The number of pyridine rings is 2. The highest BCUT2D eigenvalue weighted by molar-refractivity contribution is 9.10. The fraction of sp³-hybridized carbons (Fsp3) is 0. The quantitative estimate of drug-likeness (QED) is 0.505. The fourth-order valence-electron chi connectivity index (χ4n) is 1.36. The normalized spacial score (nSPS) is 10.0. The van der Waals surface area contributed by atoms with Crippen LogP contribution in [0, 0.1) is 11.4 Å². The molecule has 7 heteroatoms. The topological polar surface area (TPSA) is 78.7 Å². The van der Waals surface area contributed by atoms with Crippen molar-refractivity contribution in [3.63, 3.8) is 0 Å². The van der Waals surface area contributed by atoms with Gasteiger partial charge in [0.15, 0.2) is 0 Å². The first-order valence-electron chi connectivity index (χ1n) is 5.19. The van der Waals surface area contributed by atoms with E-state index >= 15 is 0 Å². The fourth-order valence-corrected chi connectivity index (χ4v) is 1.76. The molecule has 5 nitrogen and oxygen atoms in total. The number of carbonyl (C=O) groups is 1. The standard InChI is InChI=1S/C12H8BrFN4O/c13-9-6-17-10(14)5-8(9)12(19)18-11(15)7-1-3-16-4-2-7/h1-6H,(H2,15,18,19). The van der Waals surface area contributed by atoms with E-state index in [4.69, 9.17) is 5.41 Å². The Morgan fingerprint density at radius 3 is 2.74 bits per heavy atom. The first kappa shape index (κ1) is 13.3. The largest absolute Gasteiger partial charge is 0.307 e. The monoisotopic (exact) mass is 322 g/mol. The van der Waals surface area contributed by atoms with Gasteiger partial charge < -0.3 is 5.32 Å². The van der Waals surface area contributed by atoms with E-state index in [1.807, 2.05) is 0 Å². The number of halogens is 2. The van der Waals surface area contributed by atoms with Gasteiger partial charge in [0.05, 0.1) is 5.56 Å². The van der Waals surface area contributed by atoms with Crippen molar-refractivity contribution in [2.24, 2.45) is 0 Å². The SMILES string of the molecule is N=C(NC(=O)c1cc(F)ncc1Br)c1ccncc1. The number of hydrogen-bond donors (Lipinski definition) is 2. The summed E-state index contributed by atoms with van der Waals surface area (Å²) in [6, 6.07) is 4.18. The average Bonchev–Trinajstić information content (AvgIpc) is 2.42. The minimum absolute atomic E-state index is 0.0753. The van der Waals surface area contributed by atoms with Crippen LogP contribution in [0.5, 0.6) is 0 Å². The zero-order chi connectivity index (χ0) is 13.8. The third-order valence-electron chi connectivity index (χ3n) is 2.27. The molecule has 2 N–H and O–H groups in total. The summed E-state index contributed by atoms with van der Waals surface area (Å²) >= 11 is 3.11. The maximum Gasteiger partial charge on any atom is 0.258 e. The lowest BCUT2D eigenvalue weighted by Gasteiger charge is -2.07. The van der Waals surface area contributed by atoms with E-state index in [1.165, 1.54) is 18.6 Å². The van der Waals surface area contributed by atoms with Crippen LogP contribution in [0.15, 0.2) is 41.3 Å². The highest BCUT2D eigenvalue weighted by Gasteiger charge is 2.14. The maximum absolute atomic E-state index is 13.0. The highest BCUT2D eigenvalue weighted by Crippen LogP contribution is 2.15. The molecule has 0 unspecified atom stereocenters. The third-order valence-corrected chi connectivity index (χ3v) is 2.91. The van der Waals surface area contributed by atoms with Crippen molar-refractivity contribution in [3.8, 4) is 0 Å². The van der Waals surface area contributed by atoms with E-state index in [0.717, 1.165) is 6.07 Å². The number of rotatable bonds is 2. The van der Waals surface area contributed by atoms with Crippen LogP contribution >= 0.6 is 15.9 Å². The number of amidine groups is 1. The van der Waals surface area contributed by atoms with Crippen molar-refractivity contribution in [1.82, 2.24) is 15.3 Å². The van der Waals surface area contributed by atoms with E-state index in [2.05, 4.69) is 31.2 Å². The number of nitrogens with one attached hydrogen (secondary N) is 2. The number of aromatic nitrogens is 2. The molecule has 1 amide bonds. The van der Waals surface area contributed by atoms with Gasteiger partial charge in [-0.25, -0.2) is 4.98 Å². The van der Waals surface area contributed by atoms with Gasteiger partial charge in [-0.2, -0.15) is 4.39 Å². The molecule has 0 bridgehead atoms. The lowest BCUT2D eigenvalue weighted by Crippen LogP contribution is -2.30. The van der Waals surface area contributed by atoms with Crippen molar-refractivity contribution >= 4 is 27.7 Å². The van der Waals surface area contributed by atoms with Gasteiger partial charge in [-0.3, -0.25) is 15.2 Å². The van der Waals surface area contributed by atoms with E-state index in [9.17, 15) is 9.18 Å². The van der Waals surface area contributed by atoms with E-state index in [0.29, 0.717) is 10.0 Å². The van der Waals surface area contributed by atoms with Gasteiger partial charge in [0.1, 0.15) is 5.84 Å². The summed E-state index contributed by atoms with van der Waals surface area (Å²) < 4.78 is 13.3. The lowest BCUT2D eigenvalue weighted by atomic mass is 10.2. The predicted molar refractivity (Wildman–Crippen MR) is 70.4 cm³/mol. The van der Waals surface area contributed by atoms with Crippen LogP contribution in [-0.2, 0) is 0 Å². The maximum atomic E-state index is 13.0. The minimum atomic E-state index is -0.760. The first-order valence-corrected chi connectivity index (χ1v) is 5.98. The van der Waals surface area contributed by atoms with E-state index in [-0.39, 0.29) is 11.4 Å². The van der Waals surface area contributed by atoms with Crippen molar-refractivity contribution in [2.75, 3.05) is 0 Å². The van der Waals surface area contributed by atoms with Crippen LogP contribution in [0.2, 0.25) is 0 Å². The van der Waals surface area contributed by atoms with Crippen LogP contribution in [-0.4, -0.2) is 21.7 Å². The molecular weight excluding hydrogens is 315 g/mol. The predicted octanol–water partition coefficient (Wildman–Crippen LogP) is 2.13. The second kappa shape index (κ2) is 5.66. The Hall–Kier alpha value is -2.15. The van der Waals surface area contributed by atoms with Gasteiger partial charge in [0.2, 0.25) is 5.95 Å². The number of amides is 1. The second-order valence-corrected chi connectivity index (χ2v) is 4.41. The summed E-state index contributed by atoms with van der Waals surface area (Å²) in [6.07, 6.45) is 4.22. The van der Waals surface area contributed by atoms with Crippen molar-refractivity contribution in [2.45, 2.75) is 0 Å². The molecule has 0 aliphatic rings. The third kappa shape index (κ3) is 3.19. The lowest BCUT2D eigenvalue weighted by molar-refractivity contribution is 0.0975. The molecule has 0 atom stereocenters. The number of hydrogen-bond acceptors (Lipinski definition) is 4. The average molecular weight is 323 g/mol. The van der Waals surface area contributed by atoms with Crippen molar-refractivity contribution in [3.05, 3.63) is 58.3 Å². The number of carbonyl (C=O) groups excluding carboxylic acids is 1. The Kier molecular flexibility index (Phi) is 3.96. The zero-order valence-corrected chi connectivity index (χ0v) is 11.1. The number of nitrogens with zero attached hydrogens (tertiary/aromatic N) is 2. The summed E-state index contributed by atoms with van der Waals surface area (Å²) in [7, 11) is 0. The molecule has 2 heterocycles. The summed E-state index contributed by atoms with van der Waals surface area (Å²) in [5, 5.41) is 10.1. The first-order chi connectivity index (χ1) is 9.08. The Morgan fingerprint density at radius 2 is 2.05 bits per heavy atom. The molecule has 0 aromatic carbocycles. The molecule has 0 aliphatic heterocycles. The van der Waals surface area contributed by atoms with Crippen LogP contribution in [0.3, 0.4) is 0 Å². The molecule has 96 valence electrons. The summed E-state index contributed by atoms with van der Waals surface area (Å²) in [5.74, 6) is -1.43. The second-order valence-electron chi connectivity index (χ2n) is 3.55. The molecule has 2 aromatic heterocycles. The minimum Gasteiger partial charge on any atom is -0.307 e. The van der Waals surface area contributed by atoms with Crippen LogP contribution in [0.25, 0.3) is 0 Å². The Labute approximate surface area is 116 Å². The molecule has 2 rings (SSSR count). The van der Waals surface area contributed by atoms with Gasteiger partial charge in [-0.15, -0.1) is 0 Å². The van der Waals surface area contributed by atoms with Gasteiger partial charge in [-0.1, -0.05) is 0 Å².